The Bertz CT molecular complexity index is 3880. The molecule has 85 heavy (non-hydrogen) atoms. The first-order chi connectivity index (χ1) is 38.8. The van der Waals surface area contributed by atoms with E-state index in [0.29, 0.717) is 17.2 Å². The number of hydrogen-bond acceptors (Lipinski definition) is 14. The molecule has 2 aromatic carbocycles. The molecule has 0 saturated heterocycles. The molecule has 1 saturated carbocycles. The van der Waals surface area contributed by atoms with Crippen molar-refractivity contribution in [3.8, 4) is 23.0 Å². The number of alkyl halides is 8. The predicted octanol–water partition coefficient (Wildman–Crippen LogP) is 7.59. The maximum absolute atomic E-state index is 15.7. The molecule has 2 aliphatic rings. The Morgan fingerprint density at radius 3 is 2.13 bits per heavy atom. The van der Waals surface area contributed by atoms with Gasteiger partial charge in [0.05, 0.1) is 33.9 Å². The number of amides is 3. The number of phosphoric acid groups is 1. The summed E-state index contributed by atoms with van der Waals surface area (Å²) in [6, 6.07) is 4.23. The normalized spacial score (nSPS) is 16.5. The molecule has 36 heteroatoms. The lowest BCUT2D eigenvalue weighted by Gasteiger charge is -2.31. The van der Waals surface area contributed by atoms with Crippen LogP contribution in [0.4, 0.5) is 54.5 Å². The quantitative estimate of drug-likeness (QED) is 0.0252. The van der Waals surface area contributed by atoms with E-state index < -0.39 is 211 Å². The number of carbonyl (C=O) groups is 4. The van der Waals surface area contributed by atoms with Crippen LogP contribution in [0.15, 0.2) is 42.5 Å². The van der Waals surface area contributed by atoms with Gasteiger partial charge in [0.25, 0.3) is 5.92 Å². The van der Waals surface area contributed by atoms with Crippen molar-refractivity contribution in [3.05, 3.63) is 93.0 Å². The van der Waals surface area contributed by atoms with E-state index in [1.165, 1.54) is 13.8 Å². The van der Waals surface area contributed by atoms with Gasteiger partial charge in [0.15, 0.2) is 21.3 Å². The summed E-state index contributed by atoms with van der Waals surface area (Å²) in [5.41, 5.74) is -8.73. The second-order valence-electron chi connectivity index (χ2n) is 20.9. The number of phosphoric ester groups is 1. The van der Waals surface area contributed by atoms with E-state index in [1.54, 1.807) is 0 Å². The number of nitrogens with one attached hydrogen (secondary N) is 1. The Morgan fingerprint density at radius 1 is 0.941 bits per heavy atom. The van der Waals surface area contributed by atoms with Crippen LogP contribution in [-0.4, -0.2) is 128 Å². The molecule has 1 fully saturated rings. The smallest absolute Gasteiger partial charge is 0.472 e. The number of aliphatic carboxylic acids is 1. The van der Waals surface area contributed by atoms with E-state index in [9.17, 15) is 80.8 Å². The second-order valence-corrected chi connectivity index (χ2v) is 27.0. The molecule has 3 amide bonds. The summed E-state index contributed by atoms with van der Waals surface area (Å²) < 4.78 is 220. The highest BCUT2D eigenvalue weighted by Crippen LogP contribution is 2.68. The van der Waals surface area contributed by atoms with Gasteiger partial charge in [-0.25, -0.2) is 44.5 Å². The largest absolute Gasteiger partial charge is 0.480 e. The Hall–Kier alpha value is -6.89. The fraction of sp³-hybridized carbons (Fsp3) is 0.449. The highest BCUT2D eigenvalue weighted by atomic mass is 35.5. The van der Waals surface area contributed by atoms with E-state index in [-0.39, 0.29) is 31.3 Å². The number of hydrogen-bond donors (Lipinski definition) is 4. The standard InChI is InChI=1S/C49H48ClF10N8O14PS2/c1-45(2,13-14-65(21-35(70)71)44(73)81-23-82-83(74,75)76)43(72)68(85(6,79)80)42-37-32(50)10-9-29(39(37)67(64-42)22-47(53,54)55)28-8-7-27(11-12-46(3,4)84(5,77)78)61-38(28)33(17-24-15-25(51)18-26(52)16-24)62-34(69)20-66-41-36(40(63-66)49(58,59)60)30-19-31(30)48(41,56)57/h7-10,15-16,18,30-31,33H,13-14,17,19-23H2,1-6H3,(H,62,69)(H,70,71)(H2,74,75,76)/t30-,31+,33-/m0/s1. The third-order valence-corrected chi connectivity index (χ3v) is 17.3. The van der Waals surface area contributed by atoms with Crippen LogP contribution in [0.25, 0.3) is 22.0 Å². The third kappa shape index (κ3) is 14.7. The van der Waals surface area contributed by atoms with Crippen molar-refractivity contribution in [2.24, 2.45) is 11.3 Å². The van der Waals surface area contributed by atoms with Crippen molar-refractivity contribution in [1.82, 2.24) is 34.8 Å². The molecule has 0 bridgehead atoms. The lowest BCUT2D eigenvalue weighted by molar-refractivity contribution is -0.143. The minimum atomic E-state index is -5.28. The molecule has 4 N–H and O–H groups in total. The van der Waals surface area contributed by atoms with Crippen LogP contribution < -0.4 is 9.62 Å². The number of carbonyl (C=O) groups excluding carboxylic acids is 3. The number of rotatable bonds is 20. The van der Waals surface area contributed by atoms with Crippen LogP contribution in [0.5, 0.6) is 0 Å². The van der Waals surface area contributed by atoms with Gasteiger partial charge in [0.2, 0.25) is 28.6 Å². The van der Waals surface area contributed by atoms with Gasteiger partial charge in [-0.3, -0.25) is 28.6 Å². The van der Waals surface area contributed by atoms with Crippen molar-refractivity contribution in [2.45, 2.75) is 95.0 Å². The Labute approximate surface area is 480 Å². The Morgan fingerprint density at radius 2 is 1.56 bits per heavy atom. The van der Waals surface area contributed by atoms with Crippen molar-refractivity contribution >= 4 is 79.9 Å². The first-order valence-corrected chi connectivity index (χ1v) is 30.1. The lowest BCUT2D eigenvalue weighted by atomic mass is 9.88. The minimum absolute atomic E-state index is 0.0439. The van der Waals surface area contributed by atoms with Crippen molar-refractivity contribution in [2.75, 3.05) is 36.7 Å². The first kappa shape index (κ1) is 65.6. The SMILES string of the molecule is CC(C)(CCN(CC(=O)O)C(=O)OCOP(=O)(O)O)C(=O)N(c1nn(CC(F)(F)F)c2c(-c3ccc(C#CC(C)(C)S(C)(=O)=O)nc3[C@H](Cc3cc(F)cc(F)c3)NC(=O)Cn3nc(C(F)(F)F)c4c3C(F)(F)[C@@H]3C[C@H]43)ccc(Cl)c12)S(C)(=O)=O. The topological polar surface area (TPSA) is 300 Å². The number of benzene rings is 2. The average Bonchev–Trinajstić information content (AvgIpc) is 1.53. The summed E-state index contributed by atoms with van der Waals surface area (Å²) in [5.74, 6) is -9.77. The van der Waals surface area contributed by atoms with Crippen LogP contribution in [0.2, 0.25) is 5.02 Å². The van der Waals surface area contributed by atoms with Crippen LogP contribution >= 0.6 is 19.4 Å². The monoisotopic (exact) mass is 1290 g/mol. The average molecular weight is 1290 g/mol. The third-order valence-electron chi connectivity index (χ3n) is 13.6. The number of carboxylic acids is 1. The number of carboxylic acid groups (broad SMARTS) is 1. The molecular formula is C49H48ClF10N8O14PS2. The van der Waals surface area contributed by atoms with E-state index >= 15 is 8.78 Å². The van der Waals surface area contributed by atoms with E-state index in [1.807, 2.05) is 0 Å². The van der Waals surface area contributed by atoms with Crippen molar-refractivity contribution in [3.63, 3.8) is 0 Å². The highest BCUT2D eigenvalue weighted by molar-refractivity contribution is 7.93. The van der Waals surface area contributed by atoms with Crippen LogP contribution in [0, 0.1) is 34.8 Å². The summed E-state index contributed by atoms with van der Waals surface area (Å²) in [6.45, 7) is -2.32. The molecule has 3 aromatic heterocycles. The Kier molecular flexibility index (Phi) is 17.8. The summed E-state index contributed by atoms with van der Waals surface area (Å²) in [5, 5.41) is 17.9. The number of aromatic nitrogens is 5. The molecule has 0 spiro atoms. The van der Waals surface area contributed by atoms with Crippen molar-refractivity contribution < 1.29 is 109 Å². The van der Waals surface area contributed by atoms with Gasteiger partial charge in [-0.05, 0) is 80.8 Å². The van der Waals surface area contributed by atoms with E-state index in [0.717, 1.165) is 56.5 Å². The molecular weight excluding hydrogens is 1250 g/mol. The van der Waals surface area contributed by atoms with Gasteiger partial charge in [-0.2, -0.15) is 49.6 Å². The molecule has 2 aliphatic carbocycles. The molecule has 22 nitrogen and oxygen atoms in total. The maximum atomic E-state index is 15.7. The fourth-order valence-electron chi connectivity index (χ4n) is 9.23. The molecule has 5 aromatic rings. The van der Waals surface area contributed by atoms with Crippen LogP contribution in [0.1, 0.15) is 86.4 Å². The fourth-order valence-corrected chi connectivity index (χ4v) is 10.9. The van der Waals surface area contributed by atoms with E-state index in [2.05, 4.69) is 41.6 Å². The maximum Gasteiger partial charge on any atom is 0.472 e. The predicted molar refractivity (Wildman–Crippen MR) is 277 cm³/mol. The summed E-state index contributed by atoms with van der Waals surface area (Å²) >= 11 is 6.72. The van der Waals surface area contributed by atoms with Gasteiger partial charge >= 0.3 is 32.2 Å². The lowest BCUT2D eigenvalue weighted by Crippen LogP contribution is -2.47. The van der Waals surface area contributed by atoms with Gasteiger partial charge in [0.1, 0.15) is 47.4 Å². The summed E-state index contributed by atoms with van der Waals surface area (Å²) in [6.07, 6.45) is -12.6. The number of halogens is 11. The number of sulfone groups is 1. The summed E-state index contributed by atoms with van der Waals surface area (Å²) in [4.78, 5) is 76.3. The number of fused-ring (bicyclic) bond motifs is 4. The van der Waals surface area contributed by atoms with E-state index in [4.69, 9.17) is 21.4 Å². The molecule has 3 atom stereocenters. The number of sulfonamides is 1. The summed E-state index contributed by atoms with van der Waals surface area (Å²) in [7, 11) is -14.3. The molecule has 3 heterocycles. The van der Waals surface area contributed by atoms with Gasteiger partial charge in [-0.15, -0.1) is 0 Å². The van der Waals surface area contributed by atoms with Gasteiger partial charge < -0.3 is 24.9 Å². The Balaban J connectivity index is 1.43. The highest BCUT2D eigenvalue weighted by Gasteiger charge is 2.68. The molecule has 0 unspecified atom stereocenters. The van der Waals surface area contributed by atoms with Crippen LogP contribution in [-0.2, 0) is 79.7 Å². The molecule has 7 rings (SSSR count). The molecule has 0 aliphatic heterocycles. The van der Waals surface area contributed by atoms with Gasteiger partial charge in [0, 0.05) is 46.9 Å². The zero-order valence-electron chi connectivity index (χ0n) is 44.8. The van der Waals surface area contributed by atoms with Crippen molar-refractivity contribution in [1.29, 1.82) is 0 Å². The molecule has 0 radical (unpaired) electrons. The number of anilines is 1. The minimum Gasteiger partial charge on any atom is -0.480 e. The van der Waals surface area contributed by atoms with Gasteiger partial charge in [-0.1, -0.05) is 37.4 Å². The zero-order valence-corrected chi connectivity index (χ0v) is 48.1. The van der Waals surface area contributed by atoms with Crippen LogP contribution in [0.3, 0.4) is 0 Å². The second kappa shape index (κ2) is 23.1. The first-order valence-electron chi connectivity index (χ1n) is 24.5. The molecule has 462 valence electrons. The zero-order chi connectivity index (χ0) is 63.7. The number of ether oxygens (including phenoxy) is 1. The number of nitrogens with zero attached hydrogens (tertiary/aromatic N) is 7. The number of pyridine rings is 1.